The summed E-state index contributed by atoms with van der Waals surface area (Å²) in [5.41, 5.74) is 5.34. The van der Waals surface area contributed by atoms with Crippen LogP contribution in [0.4, 0.5) is 0 Å². The van der Waals surface area contributed by atoms with Gasteiger partial charge in [-0.05, 0) is 32.1 Å². The molecule has 1 amide bonds. The lowest BCUT2D eigenvalue weighted by Gasteiger charge is -2.23. The average molecular weight is 687 g/mol. The number of allylic oxidation sites excluding steroid dienone is 3. The summed E-state index contributed by atoms with van der Waals surface area (Å²) in [5, 5.41) is 13.5. The van der Waals surface area contributed by atoms with Gasteiger partial charge in [0.15, 0.2) is 0 Å². The van der Waals surface area contributed by atoms with Crippen molar-refractivity contribution < 1.29 is 28.4 Å². The Morgan fingerprint density at radius 3 is 1.64 bits per heavy atom. The van der Waals surface area contributed by atoms with Crippen LogP contribution in [0.25, 0.3) is 0 Å². The molecule has 0 aliphatic rings. The number of amides is 1. The molecule has 0 saturated heterocycles. The van der Waals surface area contributed by atoms with Gasteiger partial charge in [-0.1, -0.05) is 167 Å². The second-order valence-electron chi connectivity index (χ2n) is 13.1. The van der Waals surface area contributed by atoms with Crippen LogP contribution >= 0.6 is 7.82 Å². The van der Waals surface area contributed by atoms with E-state index in [2.05, 4.69) is 31.3 Å². The Hall–Kier alpha value is -1.02. The Kier molecular flexibility index (Phi) is 34.1. The predicted molar refractivity (Wildman–Crippen MR) is 198 cm³/mol. The molecule has 0 aliphatic carbocycles. The van der Waals surface area contributed by atoms with Gasteiger partial charge in [0.25, 0.3) is 0 Å². The van der Waals surface area contributed by atoms with Crippen molar-refractivity contribution in [3.63, 3.8) is 0 Å². The zero-order chi connectivity index (χ0) is 34.7. The Balaban J connectivity index is 4.15. The SMILES string of the molecule is CCCCC/C=C/CC/C=C/C(O)C(COP(=O)(O)OCCN)NC(=O)CCCCCCCCCCCCCCCCCCCCC. The molecule has 0 radical (unpaired) electrons. The number of aliphatic hydroxyl groups excluding tert-OH is 1. The molecular weight excluding hydrogens is 611 g/mol. The van der Waals surface area contributed by atoms with E-state index < -0.39 is 20.0 Å². The zero-order valence-corrected chi connectivity index (χ0v) is 31.4. The van der Waals surface area contributed by atoms with E-state index >= 15 is 0 Å². The van der Waals surface area contributed by atoms with E-state index in [0.717, 1.165) is 38.5 Å². The number of rotatable bonds is 36. The second kappa shape index (κ2) is 34.8. The number of unbranched alkanes of at least 4 members (excludes halogenated alkanes) is 22. The van der Waals surface area contributed by atoms with Crippen molar-refractivity contribution in [2.75, 3.05) is 19.8 Å². The van der Waals surface area contributed by atoms with E-state index in [-0.39, 0.29) is 25.7 Å². The minimum absolute atomic E-state index is 0.0753. The van der Waals surface area contributed by atoms with Crippen LogP contribution in [-0.4, -0.2) is 47.8 Å². The fourth-order valence-corrected chi connectivity index (χ4v) is 6.32. The third-order valence-corrected chi connectivity index (χ3v) is 9.51. The molecular formula is C38H75N2O6P. The molecule has 0 rings (SSSR count). The van der Waals surface area contributed by atoms with Crippen molar-refractivity contribution in [1.29, 1.82) is 0 Å². The first-order valence-corrected chi connectivity index (χ1v) is 21.0. The first kappa shape index (κ1) is 46.0. The Morgan fingerprint density at radius 1 is 0.681 bits per heavy atom. The molecule has 0 spiro atoms. The zero-order valence-electron chi connectivity index (χ0n) is 30.5. The molecule has 9 heteroatoms. The van der Waals surface area contributed by atoms with Crippen LogP contribution in [0, 0.1) is 0 Å². The molecule has 0 fully saturated rings. The predicted octanol–water partition coefficient (Wildman–Crippen LogP) is 10.2. The Morgan fingerprint density at radius 2 is 1.13 bits per heavy atom. The van der Waals surface area contributed by atoms with Gasteiger partial charge < -0.3 is 21.1 Å². The number of nitrogens with one attached hydrogen (secondary N) is 1. The van der Waals surface area contributed by atoms with Crippen LogP contribution in [0.5, 0.6) is 0 Å². The highest BCUT2D eigenvalue weighted by Gasteiger charge is 2.26. The van der Waals surface area contributed by atoms with Crippen molar-refractivity contribution in [2.24, 2.45) is 5.73 Å². The third-order valence-electron chi connectivity index (χ3n) is 8.53. The molecule has 3 unspecified atom stereocenters. The number of hydrogen-bond donors (Lipinski definition) is 4. The molecule has 0 aromatic heterocycles. The number of carbonyl (C=O) groups is 1. The first-order valence-electron chi connectivity index (χ1n) is 19.5. The molecule has 47 heavy (non-hydrogen) atoms. The van der Waals surface area contributed by atoms with E-state index in [1.807, 2.05) is 6.08 Å². The van der Waals surface area contributed by atoms with Crippen molar-refractivity contribution in [3.8, 4) is 0 Å². The van der Waals surface area contributed by atoms with Crippen LogP contribution in [0.2, 0.25) is 0 Å². The minimum atomic E-state index is -4.33. The molecule has 0 bridgehead atoms. The quantitative estimate of drug-likeness (QED) is 0.0293. The summed E-state index contributed by atoms with van der Waals surface area (Å²) >= 11 is 0. The fourth-order valence-electron chi connectivity index (χ4n) is 5.56. The number of hydrogen-bond acceptors (Lipinski definition) is 6. The Labute approximate surface area is 289 Å². The smallest absolute Gasteiger partial charge is 0.387 e. The number of phosphoric ester groups is 1. The fraction of sp³-hybridized carbons (Fsp3) is 0.868. The van der Waals surface area contributed by atoms with Gasteiger partial charge in [-0.2, -0.15) is 0 Å². The molecule has 8 nitrogen and oxygen atoms in total. The lowest BCUT2D eigenvalue weighted by atomic mass is 10.0. The van der Waals surface area contributed by atoms with E-state index in [0.29, 0.717) is 6.42 Å². The Bertz CT molecular complexity index is 794. The largest absolute Gasteiger partial charge is 0.472 e. The van der Waals surface area contributed by atoms with Crippen molar-refractivity contribution in [3.05, 3.63) is 24.3 Å². The molecule has 5 N–H and O–H groups in total. The number of phosphoric acid groups is 1. The van der Waals surface area contributed by atoms with Crippen molar-refractivity contribution in [2.45, 2.75) is 193 Å². The van der Waals surface area contributed by atoms with Crippen LogP contribution in [-0.2, 0) is 18.4 Å². The van der Waals surface area contributed by atoms with E-state index in [1.165, 1.54) is 122 Å². The summed E-state index contributed by atoms with van der Waals surface area (Å²) in [6.45, 7) is 4.06. The van der Waals surface area contributed by atoms with Crippen molar-refractivity contribution in [1.82, 2.24) is 5.32 Å². The van der Waals surface area contributed by atoms with Crippen molar-refractivity contribution >= 4 is 13.7 Å². The summed E-state index contributed by atoms with van der Waals surface area (Å²) in [6.07, 6.45) is 38.1. The molecule has 0 aliphatic heterocycles. The average Bonchev–Trinajstić information content (AvgIpc) is 3.05. The molecule has 0 aromatic rings. The normalized spacial score (nSPS) is 14.6. The first-order chi connectivity index (χ1) is 22.9. The maximum atomic E-state index is 12.7. The van der Waals surface area contributed by atoms with Gasteiger partial charge in [0.05, 0.1) is 25.4 Å². The number of carbonyl (C=O) groups excluding carboxylic acids is 1. The maximum absolute atomic E-state index is 12.7. The van der Waals surface area contributed by atoms with E-state index in [1.54, 1.807) is 6.08 Å². The van der Waals surface area contributed by atoms with Crippen LogP contribution in [0.15, 0.2) is 24.3 Å². The standard InChI is InChI=1S/C38H75N2O6P/c1-3-5-7-9-11-13-14-15-16-17-18-19-20-21-22-24-26-28-30-32-38(42)40-36(35-46-47(43,44)45-34-33-39)37(41)31-29-27-25-23-12-10-8-6-4-2/h12,23,29,31,36-37,41H,3-11,13-22,24-28,30,32-35,39H2,1-2H3,(H,40,42)(H,43,44)/b23-12+,31-29+. The van der Waals surface area contributed by atoms with Gasteiger partial charge in [0, 0.05) is 13.0 Å². The highest BCUT2D eigenvalue weighted by Crippen LogP contribution is 2.43. The monoisotopic (exact) mass is 687 g/mol. The number of aliphatic hydroxyl groups is 1. The lowest BCUT2D eigenvalue weighted by Crippen LogP contribution is -2.45. The highest BCUT2D eigenvalue weighted by molar-refractivity contribution is 7.47. The summed E-state index contributed by atoms with van der Waals surface area (Å²) in [4.78, 5) is 22.5. The van der Waals surface area contributed by atoms with Gasteiger partial charge in [-0.15, -0.1) is 0 Å². The maximum Gasteiger partial charge on any atom is 0.472 e. The third kappa shape index (κ3) is 33.3. The summed E-state index contributed by atoms with van der Waals surface area (Å²) in [6, 6.07) is -0.870. The molecule has 278 valence electrons. The van der Waals surface area contributed by atoms with Gasteiger partial charge in [-0.3, -0.25) is 13.8 Å². The molecule has 0 saturated carbocycles. The van der Waals surface area contributed by atoms with E-state index in [9.17, 15) is 19.4 Å². The van der Waals surface area contributed by atoms with Crippen LogP contribution in [0.3, 0.4) is 0 Å². The van der Waals surface area contributed by atoms with Crippen LogP contribution < -0.4 is 11.1 Å². The highest BCUT2D eigenvalue weighted by atomic mass is 31.2. The van der Waals surface area contributed by atoms with Gasteiger partial charge >= 0.3 is 7.82 Å². The minimum Gasteiger partial charge on any atom is -0.387 e. The second-order valence-corrected chi connectivity index (χ2v) is 14.6. The van der Waals surface area contributed by atoms with Gasteiger partial charge in [0.1, 0.15) is 0 Å². The topological polar surface area (TPSA) is 131 Å². The summed E-state index contributed by atoms with van der Waals surface area (Å²) in [7, 11) is -4.33. The summed E-state index contributed by atoms with van der Waals surface area (Å²) in [5.74, 6) is -0.205. The molecule has 0 aromatic carbocycles. The number of nitrogens with two attached hydrogens (primary N) is 1. The lowest BCUT2D eigenvalue weighted by molar-refractivity contribution is -0.123. The molecule has 0 heterocycles. The summed E-state index contributed by atoms with van der Waals surface area (Å²) < 4.78 is 22.0. The van der Waals surface area contributed by atoms with Gasteiger partial charge in [-0.25, -0.2) is 4.57 Å². The van der Waals surface area contributed by atoms with Gasteiger partial charge in [0.2, 0.25) is 5.91 Å². The van der Waals surface area contributed by atoms with E-state index in [4.69, 9.17) is 14.8 Å². The van der Waals surface area contributed by atoms with Crippen LogP contribution in [0.1, 0.15) is 181 Å². The molecule has 3 atom stereocenters.